The molecule has 0 saturated carbocycles. The Morgan fingerprint density at radius 3 is 2.56 bits per heavy atom. The van der Waals surface area contributed by atoms with Crippen molar-refractivity contribution in [3.05, 3.63) is 65.1 Å². The number of carbonyl (C=O) groups is 1. The van der Waals surface area contributed by atoms with Crippen molar-refractivity contribution in [1.29, 1.82) is 0 Å². The summed E-state index contributed by atoms with van der Waals surface area (Å²) in [5, 5.41) is 1.16. The van der Waals surface area contributed by atoms with Gasteiger partial charge in [0.1, 0.15) is 17.6 Å². The second-order valence-electron chi connectivity index (χ2n) is 7.33. The number of hydrogen-bond acceptors (Lipinski definition) is 6. The van der Waals surface area contributed by atoms with Gasteiger partial charge in [-0.15, -0.1) is 0 Å². The number of pyridine rings is 1. The van der Waals surface area contributed by atoms with Gasteiger partial charge in [-0.2, -0.15) is 0 Å². The first-order chi connectivity index (χ1) is 15.2. The molecule has 0 amide bonds. The van der Waals surface area contributed by atoms with Crippen LogP contribution in [0.15, 0.2) is 53.4 Å². The molecule has 0 atom stereocenters. The number of imidazole rings is 1. The standard InChI is InChI=1S/C22H21ClN4O4S/c1-4-27-19-9-7-16(32(29,30)26(2)3)12-18(19)25-21(27)13-31-22(28)15-5-8-17-14(11-15)6-10-20(23)24-17/h5-12H,4,13H2,1-3H3. The molecule has 2 aromatic heterocycles. The SMILES string of the molecule is CCn1c(COC(=O)c2ccc3nc(Cl)ccc3c2)nc2cc(S(=O)(=O)N(C)C)ccc21. The van der Waals surface area contributed by atoms with E-state index >= 15 is 0 Å². The van der Waals surface area contributed by atoms with Crippen molar-refractivity contribution in [3.8, 4) is 0 Å². The first-order valence-electron chi connectivity index (χ1n) is 9.86. The maximum absolute atomic E-state index is 12.6. The first-order valence-corrected chi connectivity index (χ1v) is 11.7. The van der Waals surface area contributed by atoms with Crippen molar-refractivity contribution in [2.75, 3.05) is 14.1 Å². The van der Waals surface area contributed by atoms with Crippen molar-refractivity contribution >= 4 is 49.5 Å². The Bertz CT molecular complexity index is 1450. The number of ether oxygens (including phenoxy) is 1. The molecular formula is C22H21ClN4O4S. The Balaban J connectivity index is 1.59. The van der Waals surface area contributed by atoms with Crippen LogP contribution in [0.25, 0.3) is 21.9 Å². The third kappa shape index (κ3) is 4.06. The highest BCUT2D eigenvalue weighted by atomic mass is 35.5. The molecule has 0 aliphatic heterocycles. The van der Waals surface area contributed by atoms with Crippen LogP contribution in [0.3, 0.4) is 0 Å². The Labute approximate surface area is 190 Å². The fraction of sp³-hybridized carbons (Fsp3) is 0.227. The first kappa shape index (κ1) is 22.2. The summed E-state index contributed by atoms with van der Waals surface area (Å²) in [4.78, 5) is 21.5. The van der Waals surface area contributed by atoms with Gasteiger partial charge in [0.05, 0.1) is 27.0 Å². The molecule has 0 bridgehead atoms. The van der Waals surface area contributed by atoms with Gasteiger partial charge in [-0.25, -0.2) is 27.5 Å². The van der Waals surface area contributed by atoms with Crippen LogP contribution in [0, 0.1) is 0 Å². The van der Waals surface area contributed by atoms with Crippen molar-refractivity contribution < 1.29 is 17.9 Å². The predicted octanol–water partition coefficient (Wildman–Crippen LogP) is 3.87. The van der Waals surface area contributed by atoms with E-state index < -0.39 is 16.0 Å². The van der Waals surface area contributed by atoms with Gasteiger partial charge >= 0.3 is 5.97 Å². The molecule has 0 saturated heterocycles. The Morgan fingerprint density at radius 2 is 1.84 bits per heavy atom. The summed E-state index contributed by atoms with van der Waals surface area (Å²) in [5.41, 5.74) is 2.37. The number of fused-ring (bicyclic) bond motifs is 2. The highest BCUT2D eigenvalue weighted by Crippen LogP contribution is 2.23. The normalized spacial score (nSPS) is 12.0. The molecule has 0 N–H and O–H groups in total. The third-order valence-corrected chi connectivity index (χ3v) is 7.14. The topological polar surface area (TPSA) is 94.4 Å². The van der Waals surface area contributed by atoms with Crippen molar-refractivity contribution in [2.24, 2.45) is 0 Å². The summed E-state index contributed by atoms with van der Waals surface area (Å²) in [6.07, 6.45) is 0. The van der Waals surface area contributed by atoms with Crippen LogP contribution in [0.5, 0.6) is 0 Å². The minimum absolute atomic E-state index is 0.0476. The smallest absolute Gasteiger partial charge is 0.338 e. The quantitative estimate of drug-likeness (QED) is 0.312. The summed E-state index contributed by atoms with van der Waals surface area (Å²) in [6, 6.07) is 13.3. The number of aromatic nitrogens is 3. The van der Waals surface area contributed by atoms with Gasteiger partial charge in [-0.3, -0.25) is 0 Å². The zero-order chi connectivity index (χ0) is 23.0. The van der Waals surface area contributed by atoms with E-state index in [1.807, 2.05) is 11.5 Å². The van der Waals surface area contributed by atoms with E-state index in [2.05, 4.69) is 9.97 Å². The van der Waals surface area contributed by atoms with Crippen molar-refractivity contribution in [1.82, 2.24) is 18.8 Å². The molecule has 166 valence electrons. The second-order valence-corrected chi connectivity index (χ2v) is 9.87. The van der Waals surface area contributed by atoms with Crippen LogP contribution in [0.1, 0.15) is 23.1 Å². The number of hydrogen-bond donors (Lipinski definition) is 0. The van der Waals surface area contributed by atoms with Crippen LogP contribution >= 0.6 is 11.6 Å². The minimum Gasteiger partial charge on any atom is -0.454 e. The molecule has 8 nitrogen and oxygen atoms in total. The molecule has 0 aliphatic carbocycles. The minimum atomic E-state index is -3.58. The monoisotopic (exact) mass is 472 g/mol. The van der Waals surface area contributed by atoms with Gasteiger partial charge in [0, 0.05) is 26.0 Å². The number of halogens is 1. The molecule has 32 heavy (non-hydrogen) atoms. The van der Waals surface area contributed by atoms with E-state index in [9.17, 15) is 13.2 Å². The molecule has 0 unspecified atom stereocenters. The summed E-state index contributed by atoms with van der Waals surface area (Å²) in [7, 11) is -0.618. The largest absolute Gasteiger partial charge is 0.454 e. The van der Waals surface area contributed by atoms with Crippen LogP contribution in [0.2, 0.25) is 5.15 Å². The Kier molecular flexibility index (Phi) is 5.89. The summed E-state index contributed by atoms with van der Waals surface area (Å²) >= 11 is 5.90. The number of esters is 1. The number of nitrogens with zero attached hydrogens (tertiary/aromatic N) is 4. The Hall–Kier alpha value is -3.01. The molecule has 0 radical (unpaired) electrons. The van der Waals surface area contributed by atoms with Crippen LogP contribution in [-0.4, -0.2) is 47.3 Å². The fourth-order valence-electron chi connectivity index (χ4n) is 3.43. The number of rotatable bonds is 6. The number of aryl methyl sites for hydroxylation is 1. The van der Waals surface area contributed by atoms with Gasteiger partial charge in [0.2, 0.25) is 10.0 Å². The summed E-state index contributed by atoms with van der Waals surface area (Å²) < 4.78 is 33.4. The van der Waals surface area contributed by atoms with E-state index in [1.54, 1.807) is 42.5 Å². The maximum atomic E-state index is 12.6. The third-order valence-electron chi connectivity index (χ3n) is 5.12. The zero-order valence-electron chi connectivity index (χ0n) is 17.7. The second kappa shape index (κ2) is 8.50. The average Bonchev–Trinajstić information content (AvgIpc) is 3.13. The van der Waals surface area contributed by atoms with E-state index in [0.717, 1.165) is 15.2 Å². The number of sulfonamides is 1. The summed E-state index contributed by atoms with van der Waals surface area (Å²) in [5.74, 6) is 0.0388. The van der Waals surface area contributed by atoms with E-state index in [-0.39, 0.29) is 11.5 Å². The number of carbonyl (C=O) groups excluding carboxylic acids is 1. The van der Waals surface area contributed by atoms with Gasteiger partial charge in [-0.1, -0.05) is 11.6 Å². The number of benzene rings is 2. The molecular weight excluding hydrogens is 452 g/mol. The molecule has 10 heteroatoms. The highest BCUT2D eigenvalue weighted by Gasteiger charge is 2.20. The van der Waals surface area contributed by atoms with Gasteiger partial charge < -0.3 is 9.30 Å². The lowest BCUT2D eigenvalue weighted by Gasteiger charge is -2.11. The molecule has 0 fully saturated rings. The van der Waals surface area contributed by atoms with Crippen LogP contribution < -0.4 is 0 Å². The van der Waals surface area contributed by atoms with Gasteiger partial charge in [0.15, 0.2) is 0 Å². The lowest BCUT2D eigenvalue weighted by atomic mass is 10.1. The molecule has 4 rings (SSSR count). The Morgan fingerprint density at radius 1 is 1.06 bits per heavy atom. The van der Waals surface area contributed by atoms with E-state index in [4.69, 9.17) is 16.3 Å². The van der Waals surface area contributed by atoms with Crippen molar-refractivity contribution in [2.45, 2.75) is 25.0 Å². The maximum Gasteiger partial charge on any atom is 0.338 e. The van der Waals surface area contributed by atoms with Gasteiger partial charge in [-0.05, 0) is 55.5 Å². The van der Waals surface area contributed by atoms with Crippen molar-refractivity contribution in [3.63, 3.8) is 0 Å². The predicted molar refractivity (Wildman–Crippen MR) is 122 cm³/mol. The highest BCUT2D eigenvalue weighted by molar-refractivity contribution is 7.89. The van der Waals surface area contributed by atoms with E-state index in [0.29, 0.717) is 34.1 Å². The molecule has 2 heterocycles. The van der Waals surface area contributed by atoms with Crippen LogP contribution in [-0.2, 0) is 27.9 Å². The molecule has 4 aromatic rings. The van der Waals surface area contributed by atoms with E-state index in [1.165, 1.54) is 20.2 Å². The zero-order valence-corrected chi connectivity index (χ0v) is 19.3. The fourth-order valence-corrected chi connectivity index (χ4v) is 4.51. The van der Waals surface area contributed by atoms with Crippen LogP contribution in [0.4, 0.5) is 0 Å². The summed E-state index contributed by atoms with van der Waals surface area (Å²) in [6.45, 7) is 2.48. The molecule has 0 aliphatic rings. The lowest BCUT2D eigenvalue weighted by molar-refractivity contribution is 0.0459. The average molecular weight is 473 g/mol. The molecule has 2 aromatic carbocycles. The molecule has 0 spiro atoms. The van der Waals surface area contributed by atoms with Gasteiger partial charge in [0.25, 0.3) is 0 Å². The lowest BCUT2D eigenvalue weighted by Crippen LogP contribution is -2.22.